The Morgan fingerprint density at radius 2 is 1.77 bits per heavy atom. The molecular formula is C11H16O2. The molecule has 0 spiro atoms. The smallest absolute Gasteiger partial charge is 0.0463 e. The Kier molecular flexibility index (Phi) is 4.50. The summed E-state index contributed by atoms with van der Waals surface area (Å²) < 4.78 is 0. The zero-order chi connectivity index (χ0) is 9.52. The topological polar surface area (TPSA) is 40.5 Å². The SMILES string of the molecule is OCC[C@H](CO)Cc1ccccc1. The van der Waals surface area contributed by atoms with Gasteiger partial charge in [-0.3, -0.25) is 0 Å². The molecule has 1 aromatic rings. The van der Waals surface area contributed by atoms with Crippen molar-refractivity contribution < 1.29 is 10.2 Å². The van der Waals surface area contributed by atoms with Gasteiger partial charge in [0, 0.05) is 13.2 Å². The van der Waals surface area contributed by atoms with E-state index in [-0.39, 0.29) is 19.1 Å². The van der Waals surface area contributed by atoms with E-state index in [0.29, 0.717) is 6.42 Å². The summed E-state index contributed by atoms with van der Waals surface area (Å²) in [6.07, 6.45) is 1.52. The van der Waals surface area contributed by atoms with Gasteiger partial charge in [-0.15, -0.1) is 0 Å². The van der Waals surface area contributed by atoms with E-state index in [1.54, 1.807) is 0 Å². The zero-order valence-electron chi connectivity index (χ0n) is 7.69. The van der Waals surface area contributed by atoms with Gasteiger partial charge in [-0.1, -0.05) is 30.3 Å². The van der Waals surface area contributed by atoms with E-state index in [9.17, 15) is 0 Å². The Morgan fingerprint density at radius 3 is 2.31 bits per heavy atom. The second-order valence-corrected chi connectivity index (χ2v) is 3.25. The third-order valence-corrected chi connectivity index (χ3v) is 2.16. The molecule has 72 valence electrons. The summed E-state index contributed by atoms with van der Waals surface area (Å²) in [5.74, 6) is 0.187. The van der Waals surface area contributed by atoms with E-state index < -0.39 is 0 Å². The second kappa shape index (κ2) is 5.73. The summed E-state index contributed by atoms with van der Waals surface area (Å²) in [6, 6.07) is 10.0. The molecule has 0 aromatic heterocycles. The molecule has 13 heavy (non-hydrogen) atoms. The van der Waals surface area contributed by atoms with E-state index in [1.165, 1.54) is 5.56 Å². The zero-order valence-corrected chi connectivity index (χ0v) is 7.69. The van der Waals surface area contributed by atoms with Crippen LogP contribution in [0.15, 0.2) is 30.3 Å². The first kappa shape index (κ1) is 10.2. The standard InChI is InChI=1S/C11H16O2/c12-7-6-11(9-13)8-10-4-2-1-3-5-10/h1-5,11-13H,6-9H2/t11-/m0/s1. The highest BCUT2D eigenvalue weighted by Crippen LogP contribution is 2.10. The molecule has 1 aromatic carbocycles. The minimum absolute atomic E-state index is 0.148. The van der Waals surface area contributed by atoms with Crippen LogP contribution in [0, 0.1) is 5.92 Å². The van der Waals surface area contributed by atoms with Gasteiger partial charge in [0.2, 0.25) is 0 Å². The van der Waals surface area contributed by atoms with Crippen molar-refractivity contribution >= 4 is 0 Å². The van der Waals surface area contributed by atoms with Crippen LogP contribution in [0.3, 0.4) is 0 Å². The van der Waals surface area contributed by atoms with Crippen molar-refractivity contribution in [3.8, 4) is 0 Å². The lowest BCUT2D eigenvalue weighted by molar-refractivity contribution is 0.183. The van der Waals surface area contributed by atoms with Crippen molar-refractivity contribution in [2.45, 2.75) is 12.8 Å². The number of aliphatic hydroxyl groups is 2. The lowest BCUT2D eigenvalue weighted by atomic mass is 9.97. The average Bonchev–Trinajstić information content (AvgIpc) is 2.19. The second-order valence-electron chi connectivity index (χ2n) is 3.25. The first-order valence-electron chi connectivity index (χ1n) is 4.62. The molecule has 0 saturated heterocycles. The van der Waals surface area contributed by atoms with Gasteiger partial charge in [-0.2, -0.15) is 0 Å². The lowest BCUT2D eigenvalue weighted by Gasteiger charge is -2.11. The molecule has 1 atom stereocenters. The van der Waals surface area contributed by atoms with Crippen molar-refractivity contribution in [1.82, 2.24) is 0 Å². The minimum Gasteiger partial charge on any atom is -0.396 e. The van der Waals surface area contributed by atoms with Gasteiger partial charge in [-0.05, 0) is 24.3 Å². The van der Waals surface area contributed by atoms with E-state index >= 15 is 0 Å². The fourth-order valence-corrected chi connectivity index (χ4v) is 1.39. The summed E-state index contributed by atoms with van der Waals surface area (Å²) in [5.41, 5.74) is 1.22. The largest absolute Gasteiger partial charge is 0.396 e. The molecule has 0 amide bonds. The molecule has 1 rings (SSSR count). The summed E-state index contributed by atoms with van der Waals surface area (Å²) in [7, 11) is 0. The number of hydrogen-bond donors (Lipinski definition) is 2. The summed E-state index contributed by atoms with van der Waals surface area (Å²) >= 11 is 0. The van der Waals surface area contributed by atoms with Crippen LogP contribution in [-0.2, 0) is 6.42 Å². The Bertz CT molecular complexity index is 221. The van der Waals surface area contributed by atoms with Crippen molar-refractivity contribution in [2.24, 2.45) is 5.92 Å². The Morgan fingerprint density at radius 1 is 1.08 bits per heavy atom. The molecule has 0 heterocycles. The average molecular weight is 180 g/mol. The fourth-order valence-electron chi connectivity index (χ4n) is 1.39. The van der Waals surface area contributed by atoms with Crippen LogP contribution in [0.5, 0.6) is 0 Å². The van der Waals surface area contributed by atoms with E-state index in [0.717, 1.165) is 6.42 Å². The Hall–Kier alpha value is -0.860. The lowest BCUT2D eigenvalue weighted by Crippen LogP contribution is -2.11. The molecule has 2 nitrogen and oxygen atoms in total. The number of aliphatic hydroxyl groups excluding tert-OH is 2. The van der Waals surface area contributed by atoms with Crippen LogP contribution >= 0.6 is 0 Å². The molecule has 0 radical (unpaired) electrons. The monoisotopic (exact) mass is 180 g/mol. The molecule has 0 aliphatic rings. The van der Waals surface area contributed by atoms with Crippen LogP contribution in [0.4, 0.5) is 0 Å². The van der Waals surface area contributed by atoms with Crippen molar-refractivity contribution in [2.75, 3.05) is 13.2 Å². The van der Waals surface area contributed by atoms with Gasteiger partial charge in [0.05, 0.1) is 0 Å². The fraction of sp³-hybridized carbons (Fsp3) is 0.455. The normalized spacial score (nSPS) is 12.8. The molecule has 0 fully saturated rings. The van der Waals surface area contributed by atoms with Gasteiger partial charge in [0.15, 0.2) is 0 Å². The van der Waals surface area contributed by atoms with Crippen molar-refractivity contribution in [1.29, 1.82) is 0 Å². The van der Waals surface area contributed by atoms with Gasteiger partial charge in [-0.25, -0.2) is 0 Å². The molecular weight excluding hydrogens is 164 g/mol. The predicted molar refractivity (Wildman–Crippen MR) is 52.4 cm³/mol. The van der Waals surface area contributed by atoms with Crippen LogP contribution in [0.2, 0.25) is 0 Å². The predicted octanol–water partition coefficient (Wildman–Crippen LogP) is 1.22. The molecule has 2 heteroatoms. The van der Waals surface area contributed by atoms with Crippen LogP contribution in [-0.4, -0.2) is 23.4 Å². The maximum atomic E-state index is 9.01. The molecule has 2 N–H and O–H groups in total. The number of benzene rings is 1. The molecule has 0 bridgehead atoms. The van der Waals surface area contributed by atoms with Gasteiger partial charge < -0.3 is 10.2 Å². The maximum Gasteiger partial charge on any atom is 0.0463 e. The molecule has 0 unspecified atom stereocenters. The molecule has 0 saturated carbocycles. The van der Waals surface area contributed by atoms with E-state index in [4.69, 9.17) is 10.2 Å². The highest BCUT2D eigenvalue weighted by atomic mass is 16.3. The van der Waals surface area contributed by atoms with Gasteiger partial charge >= 0.3 is 0 Å². The van der Waals surface area contributed by atoms with Crippen LogP contribution < -0.4 is 0 Å². The first-order valence-corrected chi connectivity index (χ1v) is 4.62. The highest BCUT2D eigenvalue weighted by molar-refractivity contribution is 5.15. The Labute approximate surface area is 78.8 Å². The number of hydrogen-bond acceptors (Lipinski definition) is 2. The van der Waals surface area contributed by atoms with Gasteiger partial charge in [0.25, 0.3) is 0 Å². The van der Waals surface area contributed by atoms with Crippen molar-refractivity contribution in [3.05, 3.63) is 35.9 Å². The number of rotatable bonds is 5. The Balaban J connectivity index is 2.46. The molecule has 0 aliphatic heterocycles. The third kappa shape index (κ3) is 3.57. The summed E-state index contributed by atoms with van der Waals surface area (Å²) in [5, 5.41) is 17.7. The van der Waals surface area contributed by atoms with E-state index in [2.05, 4.69) is 0 Å². The van der Waals surface area contributed by atoms with Gasteiger partial charge in [0.1, 0.15) is 0 Å². The first-order chi connectivity index (χ1) is 6.36. The molecule has 0 aliphatic carbocycles. The van der Waals surface area contributed by atoms with Crippen LogP contribution in [0.25, 0.3) is 0 Å². The van der Waals surface area contributed by atoms with Crippen molar-refractivity contribution in [3.63, 3.8) is 0 Å². The maximum absolute atomic E-state index is 9.01. The highest BCUT2D eigenvalue weighted by Gasteiger charge is 2.06. The van der Waals surface area contributed by atoms with E-state index in [1.807, 2.05) is 30.3 Å². The minimum atomic E-state index is 0.148. The quantitative estimate of drug-likeness (QED) is 0.715. The third-order valence-electron chi connectivity index (χ3n) is 2.16. The summed E-state index contributed by atoms with van der Waals surface area (Å²) in [6.45, 7) is 0.299. The summed E-state index contributed by atoms with van der Waals surface area (Å²) in [4.78, 5) is 0. The van der Waals surface area contributed by atoms with Crippen LogP contribution in [0.1, 0.15) is 12.0 Å².